The summed E-state index contributed by atoms with van der Waals surface area (Å²) in [4.78, 5) is 0. The number of methoxy groups -OCH3 is 1. The predicted molar refractivity (Wildman–Crippen MR) is 56.0 cm³/mol. The Balaban J connectivity index is 1.93. The summed E-state index contributed by atoms with van der Waals surface area (Å²) >= 11 is 0. The minimum Gasteiger partial charge on any atom is -0.390 e. The molecule has 0 amide bonds. The van der Waals surface area contributed by atoms with Crippen molar-refractivity contribution in [3.8, 4) is 0 Å². The summed E-state index contributed by atoms with van der Waals surface area (Å²) in [7, 11) is 1.56. The highest BCUT2D eigenvalue weighted by atomic mass is 16.7. The minimum absolute atomic E-state index is 0.0306. The maximum absolute atomic E-state index is 10.1. The number of ether oxygens (including phenoxy) is 4. The zero-order chi connectivity index (χ0) is 11.7. The van der Waals surface area contributed by atoms with Crippen LogP contribution in [0.2, 0.25) is 0 Å². The van der Waals surface area contributed by atoms with Gasteiger partial charge in [0.2, 0.25) is 0 Å². The Kier molecular flexibility index (Phi) is 3.81. The average molecular weight is 232 g/mol. The molecule has 16 heavy (non-hydrogen) atoms. The van der Waals surface area contributed by atoms with Gasteiger partial charge in [-0.05, 0) is 6.92 Å². The minimum atomic E-state index is -0.563. The summed E-state index contributed by atoms with van der Waals surface area (Å²) in [5.41, 5.74) is 0. The van der Waals surface area contributed by atoms with Gasteiger partial charge in [0, 0.05) is 13.0 Å². The molecule has 2 rings (SSSR count). The van der Waals surface area contributed by atoms with Crippen LogP contribution in [0, 0.1) is 5.92 Å². The van der Waals surface area contributed by atoms with E-state index in [2.05, 4.69) is 0 Å². The van der Waals surface area contributed by atoms with Crippen molar-refractivity contribution in [2.24, 2.45) is 5.92 Å². The van der Waals surface area contributed by atoms with E-state index in [0.717, 1.165) is 6.61 Å². The van der Waals surface area contributed by atoms with Gasteiger partial charge < -0.3 is 24.1 Å². The average Bonchev–Trinajstić information content (AvgIpc) is 3.08. The van der Waals surface area contributed by atoms with Crippen LogP contribution >= 0.6 is 0 Å². The van der Waals surface area contributed by atoms with Crippen molar-refractivity contribution in [2.45, 2.75) is 44.6 Å². The molecule has 5 nitrogen and oxygen atoms in total. The summed E-state index contributed by atoms with van der Waals surface area (Å²) in [6.45, 7) is 5.12. The van der Waals surface area contributed by atoms with Crippen LogP contribution in [0.4, 0.5) is 0 Å². The van der Waals surface area contributed by atoms with Crippen LogP contribution in [-0.4, -0.2) is 56.1 Å². The van der Waals surface area contributed by atoms with E-state index in [-0.39, 0.29) is 18.1 Å². The maximum Gasteiger partial charge on any atom is 0.186 e. The highest BCUT2D eigenvalue weighted by Gasteiger charge is 2.43. The van der Waals surface area contributed by atoms with Crippen LogP contribution < -0.4 is 0 Å². The van der Waals surface area contributed by atoms with Crippen LogP contribution in [0.1, 0.15) is 13.8 Å². The molecule has 0 bridgehead atoms. The van der Waals surface area contributed by atoms with Gasteiger partial charge in [-0.25, -0.2) is 0 Å². The van der Waals surface area contributed by atoms with Gasteiger partial charge >= 0.3 is 0 Å². The first-order chi connectivity index (χ1) is 7.63. The van der Waals surface area contributed by atoms with Crippen molar-refractivity contribution >= 4 is 0 Å². The number of aliphatic hydroxyl groups is 1. The zero-order valence-corrected chi connectivity index (χ0v) is 9.96. The van der Waals surface area contributed by atoms with E-state index in [1.807, 2.05) is 13.8 Å². The smallest absolute Gasteiger partial charge is 0.186 e. The van der Waals surface area contributed by atoms with Crippen molar-refractivity contribution in [2.75, 3.05) is 20.3 Å². The summed E-state index contributed by atoms with van der Waals surface area (Å²) in [6.07, 6.45) is -1.34. The molecule has 0 aromatic heterocycles. The molecule has 2 aliphatic heterocycles. The van der Waals surface area contributed by atoms with Crippen LogP contribution in [0.25, 0.3) is 0 Å². The van der Waals surface area contributed by atoms with Gasteiger partial charge in [-0.2, -0.15) is 0 Å². The molecule has 2 fully saturated rings. The lowest BCUT2D eigenvalue weighted by molar-refractivity contribution is -0.283. The summed E-state index contributed by atoms with van der Waals surface area (Å²) in [5, 5.41) is 10.1. The van der Waals surface area contributed by atoms with Crippen molar-refractivity contribution in [1.82, 2.24) is 0 Å². The number of rotatable bonds is 4. The molecule has 2 heterocycles. The van der Waals surface area contributed by atoms with E-state index in [0.29, 0.717) is 6.61 Å². The largest absolute Gasteiger partial charge is 0.390 e. The van der Waals surface area contributed by atoms with Gasteiger partial charge in [0.1, 0.15) is 12.2 Å². The number of aliphatic hydroxyl groups excluding tert-OH is 1. The second-order valence-corrected chi connectivity index (χ2v) is 4.55. The zero-order valence-electron chi connectivity index (χ0n) is 9.96. The molecule has 1 N–H and O–H groups in total. The van der Waals surface area contributed by atoms with E-state index < -0.39 is 18.5 Å². The fraction of sp³-hybridized carbons (Fsp3) is 1.00. The summed E-state index contributed by atoms with van der Waals surface area (Å²) in [6, 6.07) is 0. The Labute approximate surface area is 95.6 Å². The molecule has 2 aliphatic rings. The fourth-order valence-electron chi connectivity index (χ4n) is 1.90. The van der Waals surface area contributed by atoms with Gasteiger partial charge in [-0.3, -0.25) is 0 Å². The Bertz CT molecular complexity index is 228. The molecular formula is C11H20O5. The molecular weight excluding hydrogens is 212 g/mol. The lowest BCUT2D eigenvalue weighted by atomic mass is 9.91. The molecule has 5 unspecified atom stereocenters. The van der Waals surface area contributed by atoms with Gasteiger partial charge in [0.05, 0.1) is 25.4 Å². The lowest BCUT2D eigenvalue weighted by Gasteiger charge is -2.41. The first kappa shape index (κ1) is 12.3. The second kappa shape index (κ2) is 4.98. The molecule has 94 valence electrons. The molecule has 0 radical (unpaired) electrons. The molecule has 2 saturated heterocycles. The van der Waals surface area contributed by atoms with Crippen molar-refractivity contribution in [1.29, 1.82) is 0 Å². The molecule has 0 aromatic carbocycles. The van der Waals surface area contributed by atoms with Crippen molar-refractivity contribution in [3.63, 3.8) is 0 Å². The highest BCUT2D eigenvalue weighted by molar-refractivity contribution is 4.86. The highest BCUT2D eigenvalue weighted by Crippen LogP contribution is 2.28. The maximum atomic E-state index is 10.1. The Hall–Kier alpha value is -0.200. The summed E-state index contributed by atoms with van der Waals surface area (Å²) in [5.74, 6) is 0.0384. The predicted octanol–water partition coefficient (Wildman–Crippen LogP) is 0.159. The quantitative estimate of drug-likeness (QED) is 0.700. The number of hydrogen-bond donors (Lipinski definition) is 1. The Morgan fingerprint density at radius 3 is 2.62 bits per heavy atom. The Morgan fingerprint density at radius 2 is 2.06 bits per heavy atom. The topological polar surface area (TPSA) is 60.5 Å². The lowest BCUT2D eigenvalue weighted by Crippen LogP contribution is -2.54. The van der Waals surface area contributed by atoms with E-state index in [4.69, 9.17) is 18.9 Å². The van der Waals surface area contributed by atoms with Crippen LogP contribution in [0.5, 0.6) is 0 Å². The second-order valence-electron chi connectivity index (χ2n) is 4.55. The first-order valence-corrected chi connectivity index (χ1v) is 5.73. The first-order valence-electron chi connectivity index (χ1n) is 5.73. The number of epoxide rings is 1. The van der Waals surface area contributed by atoms with E-state index >= 15 is 0 Å². The molecule has 0 aromatic rings. The third-order valence-electron chi connectivity index (χ3n) is 3.34. The van der Waals surface area contributed by atoms with Gasteiger partial charge in [0.25, 0.3) is 0 Å². The van der Waals surface area contributed by atoms with Crippen LogP contribution in [0.3, 0.4) is 0 Å². The van der Waals surface area contributed by atoms with Crippen molar-refractivity contribution < 1.29 is 24.1 Å². The third-order valence-corrected chi connectivity index (χ3v) is 3.34. The molecule has 6 atom stereocenters. The van der Waals surface area contributed by atoms with Crippen LogP contribution in [-0.2, 0) is 18.9 Å². The molecule has 0 aliphatic carbocycles. The third kappa shape index (κ3) is 2.55. The van der Waals surface area contributed by atoms with Crippen molar-refractivity contribution in [3.05, 3.63) is 0 Å². The van der Waals surface area contributed by atoms with Crippen LogP contribution in [0.15, 0.2) is 0 Å². The number of hydrogen-bond acceptors (Lipinski definition) is 5. The molecule has 5 heteroatoms. The normalized spacial score (nSPS) is 48.0. The summed E-state index contributed by atoms with van der Waals surface area (Å²) < 4.78 is 21.5. The van der Waals surface area contributed by atoms with E-state index in [1.165, 1.54) is 0 Å². The monoisotopic (exact) mass is 232 g/mol. The van der Waals surface area contributed by atoms with E-state index in [1.54, 1.807) is 7.11 Å². The van der Waals surface area contributed by atoms with Gasteiger partial charge in [-0.15, -0.1) is 0 Å². The molecule has 0 saturated carbocycles. The standard InChI is InChI=1S/C11H20O5/c1-6-7(2)16-11(13-3)10(9(6)12)15-5-8-4-14-8/h6-12H,4-5H2,1-3H3/t6-,7?,8?,9?,10?,11?/m1/s1. The SMILES string of the molecule is COC1OC(C)[C@@H](C)C(O)C1OCC1CO1. The molecule has 0 spiro atoms. The van der Waals surface area contributed by atoms with E-state index in [9.17, 15) is 5.11 Å². The fourth-order valence-corrected chi connectivity index (χ4v) is 1.90. The Morgan fingerprint density at radius 1 is 1.38 bits per heavy atom. The van der Waals surface area contributed by atoms with Gasteiger partial charge in [-0.1, -0.05) is 6.92 Å². The van der Waals surface area contributed by atoms with Gasteiger partial charge in [0.15, 0.2) is 6.29 Å².